The topological polar surface area (TPSA) is 25.8 Å². The molecule has 0 aliphatic carbocycles. The number of hydrogen-bond donors (Lipinski definition) is 0. The van der Waals surface area contributed by atoms with Crippen molar-refractivity contribution >= 4 is 18.8 Å². The SMILES string of the molecule is Cc1ccc(-c2cccc(-c3ccccn3)n2)cc1.[Cl][Pt][Cl]. The summed E-state index contributed by atoms with van der Waals surface area (Å²) >= 11 is -0.472. The van der Waals surface area contributed by atoms with Crippen LogP contribution < -0.4 is 0 Å². The summed E-state index contributed by atoms with van der Waals surface area (Å²) in [4.78, 5) is 9.02. The van der Waals surface area contributed by atoms with E-state index < -0.39 is 16.5 Å². The predicted molar refractivity (Wildman–Crippen MR) is 89.3 cm³/mol. The van der Waals surface area contributed by atoms with Crippen molar-refractivity contribution in [2.45, 2.75) is 6.92 Å². The molecule has 2 aromatic heterocycles. The fourth-order valence-corrected chi connectivity index (χ4v) is 1.98. The second kappa shape index (κ2) is 9.05. The van der Waals surface area contributed by atoms with E-state index in [4.69, 9.17) is 18.8 Å². The van der Waals surface area contributed by atoms with Gasteiger partial charge in [0.05, 0.1) is 17.1 Å². The number of hydrogen-bond acceptors (Lipinski definition) is 2. The maximum absolute atomic E-state index is 4.88. The molecular weight excluding hydrogens is 498 g/mol. The second-order valence-corrected chi connectivity index (χ2v) is 7.82. The molecule has 3 aromatic rings. The molecule has 116 valence electrons. The van der Waals surface area contributed by atoms with Crippen molar-refractivity contribution in [1.29, 1.82) is 0 Å². The van der Waals surface area contributed by atoms with E-state index in [1.165, 1.54) is 5.56 Å². The van der Waals surface area contributed by atoms with Crippen LogP contribution in [-0.2, 0) is 16.5 Å². The zero-order valence-electron chi connectivity index (χ0n) is 11.8. The van der Waals surface area contributed by atoms with Crippen molar-refractivity contribution < 1.29 is 16.5 Å². The third-order valence-corrected chi connectivity index (χ3v) is 3.02. The van der Waals surface area contributed by atoms with Crippen molar-refractivity contribution in [3.63, 3.8) is 0 Å². The van der Waals surface area contributed by atoms with Gasteiger partial charge in [0.25, 0.3) is 0 Å². The van der Waals surface area contributed by atoms with E-state index >= 15 is 0 Å². The number of halogens is 2. The first-order valence-corrected chi connectivity index (χ1v) is 12.2. The van der Waals surface area contributed by atoms with Gasteiger partial charge in [0.15, 0.2) is 0 Å². The van der Waals surface area contributed by atoms with Crippen molar-refractivity contribution in [2.75, 3.05) is 0 Å². The van der Waals surface area contributed by atoms with Gasteiger partial charge in [-0.25, -0.2) is 4.98 Å². The van der Waals surface area contributed by atoms with E-state index in [-0.39, 0.29) is 0 Å². The van der Waals surface area contributed by atoms with Crippen LogP contribution in [0.1, 0.15) is 5.56 Å². The number of benzene rings is 1. The summed E-state index contributed by atoms with van der Waals surface area (Å²) in [6, 6.07) is 20.3. The molecule has 0 saturated carbocycles. The Morgan fingerprint density at radius 2 is 1.41 bits per heavy atom. The van der Waals surface area contributed by atoms with Gasteiger partial charge < -0.3 is 0 Å². The summed E-state index contributed by atoms with van der Waals surface area (Å²) in [5.74, 6) is 0. The first kappa shape index (κ1) is 17.1. The zero-order chi connectivity index (χ0) is 15.8. The quantitative estimate of drug-likeness (QED) is 0.454. The molecule has 0 aliphatic rings. The van der Waals surface area contributed by atoms with Gasteiger partial charge in [-0.05, 0) is 31.2 Å². The molecule has 0 saturated heterocycles. The summed E-state index contributed by atoms with van der Waals surface area (Å²) < 4.78 is 0. The Morgan fingerprint density at radius 1 is 0.773 bits per heavy atom. The minimum absolute atomic E-state index is 0.472. The first-order valence-electron chi connectivity index (χ1n) is 6.52. The number of nitrogens with zero attached hydrogens (tertiary/aromatic N) is 2. The van der Waals surface area contributed by atoms with E-state index in [2.05, 4.69) is 41.2 Å². The van der Waals surface area contributed by atoms with Gasteiger partial charge in [-0.1, -0.05) is 42.0 Å². The molecule has 1 aromatic carbocycles. The summed E-state index contributed by atoms with van der Waals surface area (Å²) in [6.07, 6.45) is 1.79. The molecule has 2 nitrogen and oxygen atoms in total. The summed E-state index contributed by atoms with van der Waals surface area (Å²) in [5.41, 5.74) is 5.16. The average molecular weight is 512 g/mol. The molecular formula is C17H14Cl2N2Pt. The normalized spacial score (nSPS) is 9.95. The molecule has 0 amide bonds. The van der Waals surface area contributed by atoms with Crippen molar-refractivity contribution in [2.24, 2.45) is 0 Å². The monoisotopic (exact) mass is 511 g/mol. The molecule has 0 radical (unpaired) electrons. The summed E-state index contributed by atoms with van der Waals surface area (Å²) in [5, 5.41) is 0. The van der Waals surface area contributed by atoms with Crippen LogP contribution in [0, 0.1) is 6.92 Å². The van der Waals surface area contributed by atoms with Gasteiger partial charge in [-0.3, -0.25) is 4.98 Å². The van der Waals surface area contributed by atoms with Crippen LogP contribution >= 0.6 is 18.8 Å². The minimum atomic E-state index is -0.472. The van der Waals surface area contributed by atoms with E-state index in [9.17, 15) is 0 Å². The molecule has 22 heavy (non-hydrogen) atoms. The van der Waals surface area contributed by atoms with Gasteiger partial charge in [0.2, 0.25) is 0 Å². The maximum atomic E-state index is 4.88. The zero-order valence-corrected chi connectivity index (χ0v) is 15.6. The molecule has 0 spiro atoms. The van der Waals surface area contributed by atoms with Gasteiger partial charge in [-0.2, -0.15) is 0 Å². The molecule has 0 N–H and O–H groups in total. The molecule has 0 bridgehead atoms. The molecule has 5 heteroatoms. The molecule has 2 heterocycles. The summed E-state index contributed by atoms with van der Waals surface area (Å²) in [6.45, 7) is 2.08. The Morgan fingerprint density at radius 3 is 2.05 bits per heavy atom. The standard InChI is InChI=1S/C17H14N2.2ClH.Pt/c1-13-8-10-14(11-9-13)15-6-4-7-17(19-15)16-5-2-3-12-18-16;;;/h2-12H,1H3;2*1H;/q;;;+2/p-2. The van der Waals surface area contributed by atoms with Crippen molar-refractivity contribution in [1.82, 2.24) is 9.97 Å². The third-order valence-electron chi connectivity index (χ3n) is 3.02. The second-order valence-electron chi connectivity index (χ2n) is 4.53. The number of aryl methyl sites for hydroxylation is 1. The number of pyridine rings is 2. The van der Waals surface area contributed by atoms with E-state index in [1.54, 1.807) is 6.20 Å². The number of rotatable bonds is 2. The number of aromatic nitrogens is 2. The fraction of sp³-hybridized carbons (Fsp3) is 0.0588. The van der Waals surface area contributed by atoms with Gasteiger partial charge >= 0.3 is 35.3 Å². The fourth-order valence-electron chi connectivity index (χ4n) is 1.98. The van der Waals surface area contributed by atoms with Gasteiger partial charge in [0, 0.05) is 11.8 Å². The Balaban J connectivity index is 0.000000545. The first-order chi connectivity index (χ1) is 10.7. The van der Waals surface area contributed by atoms with Crippen LogP contribution in [0.5, 0.6) is 0 Å². The Bertz CT molecular complexity index is 703. The van der Waals surface area contributed by atoms with E-state index in [1.807, 2.05) is 36.4 Å². The molecule has 0 atom stereocenters. The Kier molecular flexibility index (Phi) is 7.05. The molecule has 3 rings (SSSR count). The van der Waals surface area contributed by atoms with E-state index in [0.29, 0.717) is 0 Å². The van der Waals surface area contributed by atoms with Crippen LogP contribution in [0.4, 0.5) is 0 Å². The van der Waals surface area contributed by atoms with Crippen LogP contribution in [0.3, 0.4) is 0 Å². The van der Waals surface area contributed by atoms with Gasteiger partial charge in [-0.15, -0.1) is 0 Å². The third kappa shape index (κ3) is 4.91. The summed E-state index contributed by atoms with van der Waals surface area (Å²) in [7, 11) is 9.75. The molecule has 0 aliphatic heterocycles. The van der Waals surface area contributed by atoms with Crippen molar-refractivity contribution in [3.05, 3.63) is 72.4 Å². The van der Waals surface area contributed by atoms with Gasteiger partial charge in [0.1, 0.15) is 0 Å². The molecule has 0 fully saturated rings. The van der Waals surface area contributed by atoms with Crippen LogP contribution in [-0.4, -0.2) is 9.97 Å². The van der Waals surface area contributed by atoms with Crippen LogP contribution in [0.25, 0.3) is 22.6 Å². The average Bonchev–Trinajstić information content (AvgIpc) is 2.57. The van der Waals surface area contributed by atoms with Crippen LogP contribution in [0.2, 0.25) is 0 Å². The Hall–Kier alpha value is -1.21. The van der Waals surface area contributed by atoms with Crippen LogP contribution in [0.15, 0.2) is 66.9 Å². The Labute approximate surface area is 146 Å². The van der Waals surface area contributed by atoms with Crippen molar-refractivity contribution in [3.8, 4) is 22.6 Å². The van der Waals surface area contributed by atoms with E-state index in [0.717, 1.165) is 22.6 Å². The molecule has 0 unspecified atom stereocenters. The predicted octanol–water partition coefficient (Wildman–Crippen LogP) is 5.50.